The number of aliphatic hydroxyl groups excluding tert-OH is 2. The topological polar surface area (TPSA) is 329 Å². The van der Waals surface area contributed by atoms with Crippen molar-refractivity contribution < 1.29 is 97.4 Å². The number of carbonyl (C=O) groups excluding carboxylic acids is 5. The molecule has 0 unspecified atom stereocenters. The fourth-order valence-corrected chi connectivity index (χ4v) is 6.79. The highest BCUT2D eigenvalue weighted by molar-refractivity contribution is 9.09. The van der Waals surface area contributed by atoms with E-state index >= 15 is 0 Å². The molecule has 0 aliphatic rings. The van der Waals surface area contributed by atoms with Crippen LogP contribution in [-0.4, -0.2) is 130 Å². The molecule has 8 aromatic rings. The molecule has 0 aliphatic heterocycles. The van der Waals surface area contributed by atoms with Crippen molar-refractivity contribution in [2.24, 2.45) is 0 Å². The Kier molecular flexibility index (Phi) is 40.0. The number of phenols is 2. The van der Waals surface area contributed by atoms with Gasteiger partial charge in [-0.05, 0) is 187 Å². The molecule has 96 heavy (non-hydrogen) atoms. The maximum absolute atomic E-state index is 12.4. The van der Waals surface area contributed by atoms with E-state index < -0.39 is 35.1 Å². The van der Waals surface area contributed by atoms with Crippen LogP contribution in [0.1, 0.15) is 59.5 Å². The van der Waals surface area contributed by atoms with Crippen LogP contribution in [0, 0.1) is 18.3 Å². The number of carbonyl (C=O) groups is 7. The molecular formula is C73H71BrClNO20. The number of aryl methyl sites for hydroxylation is 1. The van der Waals surface area contributed by atoms with Gasteiger partial charge >= 0.3 is 35.8 Å². The third-order valence-corrected chi connectivity index (χ3v) is 12.0. The summed E-state index contributed by atoms with van der Waals surface area (Å²) in [4.78, 5) is 75.5. The maximum atomic E-state index is 12.4. The number of alkyl halides is 1. The van der Waals surface area contributed by atoms with E-state index in [1.807, 2.05) is 43.3 Å². The summed E-state index contributed by atoms with van der Waals surface area (Å²) in [5, 5.41) is 60.4. The van der Waals surface area contributed by atoms with Crippen LogP contribution in [0.4, 0.5) is 0 Å². The average Bonchev–Trinajstić information content (AvgIpc) is 1.02. The van der Waals surface area contributed by atoms with Crippen LogP contribution in [0.3, 0.4) is 0 Å². The molecule has 0 heterocycles. The smallest absolute Gasteiger partial charge is 0.343 e. The summed E-state index contributed by atoms with van der Waals surface area (Å²) in [6.45, 7) is 14.8. The Morgan fingerprint density at radius 1 is 0.458 bits per heavy atom. The van der Waals surface area contributed by atoms with Crippen LogP contribution in [0.15, 0.2) is 232 Å². The monoisotopic (exact) mass is 1400 g/mol. The van der Waals surface area contributed by atoms with Crippen molar-refractivity contribution in [1.82, 2.24) is 0 Å². The van der Waals surface area contributed by atoms with E-state index in [-0.39, 0.29) is 74.8 Å². The first kappa shape index (κ1) is 80.7. The molecule has 0 saturated heterocycles. The second kappa shape index (κ2) is 47.5. The molecule has 8 aromatic carbocycles. The van der Waals surface area contributed by atoms with E-state index in [1.165, 1.54) is 54.1 Å². The van der Waals surface area contributed by atoms with Crippen molar-refractivity contribution in [1.29, 1.82) is 5.26 Å². The van der Waals surface area contributed by atoms with Crippen LogP contribution in [0.5, 0.6) is 34.5 Å². The number of allylic oxidation sites excluding steroid dienone is 1. The van der Waals surface area contributed by atoms with Crippen LogP contribution in [0.25, 0.3) is 22.3 Å². The van der Waals surface area contributed by atoms with Gasteiger partial charge in [-0.25, -0.2) is 28.8 Å². The van der Waals surface area contributed by atoms with Gasteiger partial charge in [-0.1, -0.05) is 102 Å². The minimum Gasteiger partial charge on any atom is -0.508 e. The highest BCUT2D eigenvalue weighted by Crippen LogP contribution is 2.25. The fraction of sp³-hybridized carbons (Fsp3) is 0.151. The van der Waals surface area contributed by atoms with E-state index in [1.54, 1.807) is 91.9 Å². The van der Waals surface area contributed by atoms with Crippen molar-refractivity contribution in [3.63, 3.8) is 0 Å². The number of aliphatic hydroxyl groups is 2. The van der Waals surface area contributed by atoms with Crippen molar-refractivity contribution in [3.8, 4) is 62.8 Å². The largest absolute Gasteiger partial charge is 0.508 e. The Morgan fingerprint density at radius 3 is 1.12 bits per heavy atom. The van der Waals surface area contributed by atoms with Gasteiger partial charge in [-0.2, -0.15) is 5.26 Å². The molecule has 8 rings (SSSR count). The molecule has 0 aromatic heterocycles. The lowest BCUT2D eigenvalue weighted by molar-refractivity contribution is -0.139. The summed E-state index contributed by atoms with van der Waals surface area (Å²) in [5.74, 6) is -1.27. The number of hydrogen-bond acceptors (Lipinski definition) is 19. The molecule has 0 fully saturated rings. The van der Waals surface area contributed by atoms with E-state index in [9.17, 15) is 33.6 Å². The fourth-order valence-electron chi connectivity index (χ4n) is 6.79. The summed E-state index contributed by atoms with van der Waals surface area (Å²) in [5.41, 5.74) is 7.34. The highest BCUT2D eigenvalue weighted by atomic mass is 79.9. The SMILES string of the molecule is C=CC(=O)Cl.C=CC(=O)OCCOc1ccc(C(=O)O)cc1.C=CC(=O)OCCOc1ccc(C(=O)Oc2ccc(-c3ccc(C)cc3)cc2)cc1.CCOC(=O)c1ccc(O)cc1.N#Cc1ccc(-c2ccc(O)cc2)cc1.O=C(O)c1ccc(OCCO)cc1.OCCBr. The van der Waals surface area contributed by atoms with E-state index in [2.05, 4.69) is 66.0 Å². The third kappa shape index (κ3) is 34.4. The van der Waals surface area contributed by atoms with Crippen molar-refractivity contribution in [2.45, 2.75) is 13.8 Å². The number of nitrogens with zero attached hydrogens (tertiary/aromatic N) is 1. The van der Waals surface area contributed by atoms with Crippen LogP contribution < -0.4 is 18.9 Å². The lowest BCUT2D eigenvalue weighted by Gasteiger charge is -2.08. The Morgan fingerprint density at radius 2 is 0.781 bits per heavy atom. The lowest BCUT2D eigenvalue weighted by atomic mass is 10.0. The van der Waals surface area contributed by atoms with Crippen molar-refractivity contribution >= 4 is 68.6 Å². The molecule has 0 saturated carbocycles. The normalized spacial score (nSPS) is 9.47. The molecule has 0 amide bonds. The highest BCUT2D eigenvalue weighted by Gasteiger charge is 2.11. The van der Waals surface area contributed by atoms with Gasteiger partial charge in [-0.3, -0.25) is 4.79 Å². The molecular weight excluding hydrogens is 1330 g/mol. The van der Waals surface area contributed by atoms with Gasteiger partial charge in [0.25, 0.3) is 0 Å². The molecule has 0 aliphatic carbocycles. The predicted octanol–water partition coefficient (Wildman–Crippen LogP) is 13.0. The number of ether oxygens (including phenoxy) is 7. The predicted molar refractivity (Wildman–Crippen MR) is 365 cm³/mol. The van der Waals surface area contributed by atoms with Gasteiger partial charge in [0.2, 0.25) is 5.24 Å². The molecule has 0 bridgehead atoms. The molecule has 23 heteroatoms. The Labute approximate surface area is 568 Å². The molecule has 0 atom stereocenters. The number of aromatic hydroxyl groups is 2. The summed E-state index contributed by atoms with van der Waals surface area (Å²) >= 11 is 7.70. The second-order valence-corrected chi connectivity index (χ2v) is 19.6. The molecule has 0 spiro atoms. The van der Waals surface area contributed by atoms with Gasteiger partial charge in [-0.15, -0.1) is 0 Å². The number of rotatable bonds is 23. The Bertz CT molecular complexity index is 3710. The number of nitriles is 1. The number of halogens is 2. The van der Waals surface area contributed by atoms with Gasteiger partial charge in [0.15, 0.2) is 0 Å². The van der Waals surface area contributed by atoms with Crippen molar-refractivity contribution in [3.05, 3.63) is 265 Å². The molecule has 502 valence electrons. The second-order valence-electron chi connectivity index (χ2n) is 18.4. The zero-order chi connectivity index (χ0) is 71.0. The number of esters is 4. The first-order valence-electron chi connectivity index (χ1n) is 28.6. The minimum atomic E-state index is -0.989. The standard InChI is InChI=1S/C25H22O5.C13H9NO.C12H12O5.C9H10O4.C9H10O3.C3H3ClO.C2H5BrO/c1-3-24(26)29-17-16-28-22-12-10-21(11-13-22)25(27)30-23-14-8-20(9-15-23)19-6-4-18(2)5-7-19;14-9-10-1-3-11(4-2-10)12-5-7-13(15)8-6-12;1-2-11(13)17-8-7-16-10-5-3-9(4-6-10)12(14)15;10-5-6-13-8-3-1-7(2-4-8)9(11)12;1-2-12-9(11)7-3-5-8(10)6-4-7;1-2-3(4)5;3-1-2-4/h3-15H,1,16-17H2,2H3;1-8,15H;2-6H,1,7-8H2,(H,14,15);1-4,10H,5-6H2,(H,11,12);3-6,10H,2H2,1H3;2H,1H2;4H,1-2H2. The zero-order valence-corrected chi connectivity index (χ0v) is 54.6. The van der Waals surface area contributed by atoms with Crippen molar-refractivity contribution in [2.75, 3.05) is 58.2 Å². The number of hydrogen-bond donors (Lipinski definition) is 6. The Hall–Kier alpha value is -11.4. The summed E-state index contributed by atoms with van der Waals surface area (Å²) in [7, 11) is 0. The lowest BCUT2D eigenvalue weighted by Crippen LogP contribution is -2.11. The maximum Gasteiger partial charge on any atom is 0.343 e. The minimum absolute atomic E-state index is 0.0549. The number of benzene rings is 8. The zero-order valence-electron chi connectivity index (χ0n) is 52.3. The third-order valence-electron chi connectivity index (χ3n) is 11.5. The summed E-state index contributed by atoms with van der Waals surface area (Å²) < 4.78 is 35.4. The van der Waals surface area contributed by atoms with E-state index in [4.69, 9.17) is 80.7 Å². The van der Waals surface area contributed by atoms with Gasteiger partial charge in [0.1, 0.15) is 67.5 Å². The molecule has 6 N–H and O–H groups in total. The van der Waals surface area contributed by atoms with E-state index in [0.717, 1.165) is 40.5 Å². The number of carboxylic acid groups (broad SMARTS) is 2. The number of carboxylic acids is 2. The van der Waals surface area contributed by atoms with Crippen LogP contribution in [-0.2, 0) is 28.6 Å². The first-order valence-corrected chi connectivity index (χ1v) is 30.1. The van der Waals surface area contributed by atoms with Crippen LogP contribution in [0.2, 0.25) is 0 Å². The summed E-state index contributed by atoms with van der Waals surface area (Å²) in [6.07, 6.45) is 3.21. The number of phenolic OH excluding ortho intramolecular Hbond substituents is 2. The van der Waals surface area contributed by atoms with Gasteiger partial charge in [0, 0.05) is 17.5 Å². The van der Waals surface area contributed by atoms with Gasteiger partial charge < -0.3 is 63.8 Å². The number of aromatic carboxylic acids is 2. The van der Waals surface area contributed by atoms with E-state index in [0.29, 0.717) is 51.6 Å². The summed E-state index contributed by atoms with van der Waals surface area (Å²) in [6, 6.07) is 56.5. The van der Waals surface area contributed by atoms with Crippen LogP contribution >= 0.6 is 27.5 Å². The quantitative estimate of drug-likeness (QED) is 0.00659. The molecule has 0 radical (unpaired) electrons. The Balaban J connectivity index is 0.000000412. The molecule has 21 nitrogen and oxygen atoms in total. The first-order chi connectivity index (χ1) is 46.1. The average molecular weight is 1400 g/mol. The van der Waals surface area contributed by atoms with Gasteiger partial charge in [0.05, 0.1) is 53.7 Å².